The number of rotatable bonds is 10. The SMILES string of the molecule is CCCN(C)C(=O)c1c(N(C=O)CC)nc(Oc2cccc(F)c2)n1Cc1ccc(Cl)cc1. The maximum atomic E-state index is 13.8. The number of benzene rings is 2. The summed E-state index contributed by atoms with van der Waals surface area (Å²) < 4.78 is 21.3. The second-order valence-electron chi connectivity index (χ2n) is 7.46. The van der Waals surface area contributed by atoms with E-state index in [1.54, 1.807) is 41.6 Å². The largest absolute Gasteiger partial charge is 0.425 e. The Kier molecular flexibility index (Phi) is 8.06. The Morgan fingerprint density at radius 1 is 1.21 bits per heavy atom. The Balaban J connectivity index is 2.18. The first kappa shape index (κ1) is 24.3. The number of hydrogen-bond acceptors (Lipinski definition) is 4. The molecule has 33 heavy (non-hydrogen) atoms. The van der Waals surface area contributed by atoms with E-state index in [0.29, 0.717) is 24.5 Å². The Morgan fingerprint density at radius 3 is 2.55 bits per heavy atom. The summed E-state index contributed by atoms with van der Waals surface area (Å²) in [7, 11) is 1.69. The number of hydrogen-bond donors (Lipinski definition) is 0. The van der Waals surface area contributed by atoms with Gasteiger partial charge in [-0.15, -0.1) is 0 Å². The lowest BCUT2D eigenvalue weighted by atomic mass is 10.2. The van der Waals surface area contributed by atoms with Crippen LogP contribution in [0.5, 0.6) is 11.8 Å². The average Bonchev–Trinajstić information content (AvgIpc) is 3.13. The summed E-state index contributed by atoms with van der Waals surface area (Å²) in [5.74, 6) is -0.368. The zero-order chi connectivity index (χ0) is 24.0. The predicted molar refractivity (Wildman–Crippen MR) is 126 cm³/mol. The smallest absolute Gasteiger partial charge is 0.304 e. The summed E-state index contributed by atoms with van der Waals surface area (Å²) in [6, 6.07) is 12.9. The summed E-state index contributed by atoms with van der Waals surface area (Å²) in [4.78, 5) is 32.6. The van der Waals surface area contributed by atoms with Gasteiger partial charge in [-0.25, -0.2) is 4.39 Å². The van der Waals surface area contributed by atoms with Crippen LogP contribution in [0.25, 0.3) is 0 Å². The van der Waals surface area contributed by atoms with Gasteiger partial charge in [0.05, 0.1) is 6.54 Å². The maximum Gasteiger partial charge on any atom is 0.304 e. The van der Waals surface area contributed by atoms with Gasteiger partial charge >= 0.3 is 6.01 Å². The van der Waals surface area contributed by atoms with Crippen LogP contribution in [0.4, 0.5) is 10.2 Å². The Morgan fingerprint density at radius 2 is 1.94 bits per heavy atom. The zero-order valence-electron chi connectivity index (χ0n) is 18.8. The highest BCUT2D eigenvalue weighted by molar-refractivity contribution is 6.30. The van der Waals surface area contributed by atoms with E-state index in [0.717, 1.165) is 12.0 Å². The van der Waals surface area contributed by atoms with Gasteiger partial charge in [-0.3, -0.25) is 19.1 Å². The molecule has 2 amide bonds. The summed E-state index contributed by atoms with van der Waals surface area (Å²) in [6.45, 7) is 4.81. The van der Waals surface area contributed by atoms with E-state index < -0.39 is 5.82 Å². The molecule has 0 unspecified atom stereocenters. The Bertz CT molecular complexity index is 1120. The van der Waals surface area contributed by atoms with Crippen LogP contribution in [-0.4, -0.2) is 46.9 Å². The molecular formula is C24H26ClFN4O3. The van der Waals surface area contributed by atoms with Crippen molar-refractivity contribution in [2.75, 3.05) is 25.0 Å². The van der Waals surface area contributed by atoms with Gasteiger partial charge in [0.2, 0.25) is 6.41 Å². The molecule has 0 atom stereocenters. The van der Waals surface area contributed by atoms with Crippen molar-refractivity contribution in [3.05, 3.63) is 70.6 Å². The fourth-order valence-electron chi connectivity index (χ4n) is 3.36. The van der Waals surface area contributed by atoms with Crippen LogP contribution in [0.3, 0.4) is 0 Å². The van der Waals surface area contributed by atoms with Crippen LogP contribution in [0, 0.1) is 5.82 Å². The first-order valence-electron chi connectivity index (χ1n) is 10.6. The fourth-order valence-corrected chi connectivity index (χ4v) is 3.48. The lowest BCUT2D eigenvalue weighted by Crippen LogP contribution is -2.32. The molecule has 0 aliphatic heterocycles. The van der Waals surface area contributed by atoms with E-state index in [4.69, 9.17) is 16.3 Å². The minimum atomic E-state index is -0.467. The third-order valence-corrected chi connectivity index (χ3v) is 5.27. The third kappa shape index (κ3) is 5.70. The molecular weight excluding hydrogens is 447 g/mol. The summed E-state index contributed by atoms with van der Waals surface area (Å²) >= 11 is 6.02. The molecule has 7 nitrogen and oxygen atoms in total. The van der Waals surface area contributed by atoms with Gasteiger partial charge in [0.15, 0.2) is 11.5 Å². The Labute approximate surface area is 197 Å². The van der Waals surface area contributed by atoms with Crippen molar-refractivity contribution in [2.24, 2.45) is 0 Å². The van der Waals surface area contributed by atoms with Gasteiger partial charge in [0.25, 0.3) is 5.91 Å². The van der Waals surface area contributed by atoms with Gasteiger partial charge < -0.3 is 9.64 Å². The summed E-state index contributed by atoms with van der Waals surface area (Å²) in [5, 5.41) is 0.582. The molecule has 0 aliphatic carbocycles. The van der Waals surface area contributed by atoms with Crippen molar-refractivity contribution >= 4 is 29.7 Å². The molecule has 1 aromatic heterocycles. The molecule has 0 spiro atoms. The number of anilines is 1. The van der Waals surface area contributed by atoms with Crippen molar-refractivity contribution < 1.29 is 18.7 Å². The lowest BCUT2D eigenvalue weighted by Gasteiger charge is -2.20. The highest BCUT2D eigenvalue weighted by Crippen LogP contribution is 2.31. The molecule has 9 heteroatoms. The molecule has 0 saturated carbocycles. The van der Waals surface area contributed by atoms with Crippen LogP contribution in [0.2, 0.25) is 5.02 Å². The predicted octanol–water partition coefficient (Wildman–Crippen LogP) is 4.98. The van der Waals surface area contributed by atoms with Crippen LogP contribution in [0.15, 0.2) is 48.5 Å². The van der Waals surface area contributed by atoms with Gasteiger partial charge in [-0.1, -0.05) is 36.7 Å². The normalized spacial score (nSPS) is 10.7. The van der Waals surface area contributed by atoms with Crippen molar-refractivity contribution in [3.8, 4) is 11.8 Å². The number of amides is 2. The maximum absolute atomic E-state index is 13.8. The second kappa shape index (κ2) is 11.0. The number of carbonyl (C=O) groups excluding carboxylic acids is 2. The van der Waals surface area contributed by atoms with E-state index in [-0.39, 0.29) is 35.7 Å². The summed E-state index contributed by atoms with van der Waals surface area (Å²) in [6.07, 6.45) is 1.39. The van der Waals surface area contributed by atoms with Crippen LogP contribution >= 0.6 is 11.6 Å². The number of aromatic nitrogens is 2. The third-order valence-electron chi connectivity index (χ3n) is 5.02. The van der Waals surface area contributed by atoms with E-state index in [1.807, 2.05) is 19.1 Å². The minimum Gasteiger partial charge on any atom is -0.425 e. The van der Waals surface area contributed by atoms with Crippen LogP contribution < -0.4 is 9.64 Å². The quantitative estimate of drug-likeness (QED) is 0.390. The first-order valence-corrected chi connectivity index (χ1v) is 11.0. The fraction of sp³-hybridized carbons (Fsp3) is 0.292. The number of carbonyl (C=O) groups is 2. The molecule has 1 heterocycles. The van der Waals surface area contributed by atoms with Crippen LogP contribution in [0.1, 0.15) is 36.3 Å². The standard InChI is InChI=1S/C24H26ClFN4O3/c1-4-13-28(3)23(32)21-22(29(5-2)16-31)27-24(33-20-8-6-7-19(26)14-20)30(21)15-17-9-11-18(25)12-10-17/h6-12,14,16H,4-5,13,15H2,1-3H3. The van der Waals surface area contributed by atoms with E-state index in [9.17, 15) is 14.0 Å². The molecule has 0 N–H and O–H groups in total. The molecule has 3 aromatic rings. The highest BCUT2D eigenvalue weighted by Gasteiger charge is 2.29. The van der Waals surface area contributed by atoms with E-state index >= 15 is 0 Å². The molecule has 0 radical (unpaired) electrons. The van der Waals surface area contributed by atoms with E-state index in [1.165, 1.54) is 23.1 Å². The minimum absolute atomic E-state index is 0.0686. The second-order valence-corrected chi connectivity index (χ2v) is 7.89. The number of nitrogens with zero attached hydrogens (tertiary/aromatic N) is 4. The van der Waals surface area contributed by atoms with Gasteiger partial charge in [0, 0.05) is 31.2 Å². The molecule has 174 valence electrons. The van der Waals surface area contributed by atoms with Crippen molar-refractivity contribution in [2.45, 2.75) is 26.8 Å². The molecule has 0 bridgehead atoms. The van der Waals surface area contributed by atoms with Gasteiger partial charge in [-0.05, 0) is 43.2 Å². The van der Waals surface area contributed by atoms with E-state index in [2.05, 4.69) is 4.98 Å². The van der Waals surface area contributed by atoms with Gasteiger partial charge in [0.1, 0.15) is 11.6 Å². The lowest BCUT2D eigenvalue weighted by molar-refractivity contribution is -0.107. The highest BCUT2D eigenvalue weighted by atomic mass is 35.5. The summed E-state index contributed by atoms with van der Waals surface area (Å²) in [5.41, 5.74) is 1.05. The molecule has 0 aliphatic rings. The number of imidazole rings is 1. The monoisotopic (exact) mass is 472 g/mol. The number of halogens is 2. The number of ether oxygens (including phenoxy) is 1. The molecule has 0 saturated heterocycles. The topological polar surface area (TPSA) is 67.7 Å². The zero-order valence-corrected chi connectivity index (χ0v) is 19.6. The molecule has 0 fully saturated rings. The average molecular weight is 473 g/mol. The molecule has 2 aromatic carbocycles. The Hall–Kier alpha value is -3.39. The van der Waals surface area contributed by atoms with Crippen molar-refractivity contribution in [1.29, 1.82) is 0 Å². The first-order chi connectivity index (χ1) is 15.9. The van der Waals surface area contributed by atoms with Crippen molar-refractivity contribution in [3.63, 3.8) is 0 Å². The molecule has 3 rings (SSSR count). The van der Waals surface area contributed by atoms with Gasteiger partial charge in [-0.2, -0.15) is 4.98 Å². The van der Waals surface area contributed by atoms with Crippen LogP contribution in [-0.2, 0) is 11.3 Å². The van der Waals surface area contributed by atoms with Crippen molar-refractivity contribution in [1.82, 2.24) is 14.5 Å².